The van der Waals surface area contributed by atoms with Crippen LogP contribution in [0.25, 0.3) is 11.0 Å². The first-order valence-corrected chi connectivity index (χ1v) is 8.71. The Hall–Kier alpha value is -3.67. The number of hydrogen-bond donors (Lipinski definition) is 1. The number of amides is 1. The number of benzene rings is 3. The van der Waals surface area contributed by atoms with Gasteiger partial charge in [-0.1, -0.05) is 35.5 Å². The molecule has 134 valence electrons. The van der Waals surface area contributed by atoms with E-state index in [1.54, 1.807) is 16.8 Å². The van der Waals surface area contributed by atoms with E-state index < -0.39 is 0 Å². The van der Waals surface area contributed by atoms with Crippen LogP contribution in [0.1, 0.15) is 17.3 Å². The number of carbonyl (C=O) groups excluding carboxylic acids is 1. The Bertz CT molecular complexity index is 1090. The van der Waals surface area contributed by atoms with Crippen molar-refractivity contribution in [3.05, 3.63) is 78.4 Å². The molecule has 0 radical (unpaired) electrons. The van der Waals surface area contributed by atoms with Crippen molar-refractivity contribution < 1.29 is 9.53 Å². The van der Waals surface area contributed by atoms with Crippen LogP contribution in [0.4, 0.5) is 5.69 Å². The van der Waals surface area contributed by atoms with Gasteiger partial charge in [0, 0.05) is 12.1 Å². The van der Waals surface area contributed by atoms with Gasteiger partial charge in [0.05, 0.1) is 11.2 Å². The zero-order chi connectivity index (χ0) is 18.6. The van der Waals surface area contributed by atoms with Crippen molar-refractivity contribution >= 4 is 22.6 Å². The van der Waals surface area contributed by atoms with Crippen LogP contribution in [0.3, 0.4) is 0 Å². The van der Waals surface area contributed by atoms with Gasteiger partial charge < -0.3 is 10.1 Å². The predicted molar refractivity (Wildman–Crippen MR) is 104 cm³/mol. The van der Waals surface area contributed by atoms with E-state index in [1.807, 2.05) is 67.6 Å². The third-order valence-corrected chi connectivity index (χ3v) is 4.18. The molecule has 4 rings (SSSR count). The summed E-state index contributed by atoms with van der Waals surface area (Å²) < 4.78 is 7.69. The number of para-hydroxylation sites is 3. The first-order valence-electron chi connectivity index (χ1n) is 8.71. The smallest absolute Gasteiger partial charge is 0.255 e. The zero-order valence-electron chi connectivity index (χ0n) is 14.8. The average molecular weight is 358 g/mol. The number of aromatic nitrogens is 3. The van der Waals surface area contributed by atoms with Crippen molar-refractivity contribution in [2.24, 2.45) is 0 Å². The van der Waals surface area contributed by atoms with E-state index in [2.05, 4.69) is 15.6 Å². The highest BCUT2D eigenvalue weighted by Crippen LogP contribution is 2.29. The van der Waals surface area contributed by atoms with Crippen LogP contribution in [-0.4, -0.2) is 20.9 Å². The summed E-state index contributed by atoms with van der Waals surface area (Å²) in [4.78, 5) is 12.7. The Morgan fingerprint density at radius 1 is 1.04 bits per heavy atom. The van der Waals surface area contributed by atoms with Crippen LogP contribution >= 0.6 is 0 Å². The zero-order valence-corrected chi connectivity index (χ0v) is 14.8. The molecule has 6 heteroatoms. The van der Waals surface area contributed by atoms with E-state index in [9.17, 15) is 4.79 Å². The van der Waals surface area contributed by atoms with Gasteiger partial charge in [0.2, 0.25) is 0 Å². The molecular formula is C21H18N4O2. The highest BCUT2D eigenvalue weighted by Gasteiger charge is 2.12. The van der Waals surface area contributed by atoms with Crippen LogP contribution in [-0.2, 0) is 6.54 Å². The first kappa shape index (κ1) is 16.8. The van der Waals surface area contributed by atoms with Crippen LogP contribution in [0.2, 0.25) is 0 Å². The fourth-order valence-electron chi connectivity index (χ4n) is 2.82. The van der Waals surface area contributed by atoms with E-state index in [0.717, 1.165) is 12.1 Å². The summed E-state index contributed by atoms with van der Waals surface area (Å²) in [6.07, 6.45) is 0. The summed E-state index contributed by atoms with van der Waals surface area (Å²) in [6, 6.07) is 22.2. The van der Waals surface area contributed by atoms with Crippen molar-refractivity contribution in [2.75, 3.05) is 5.32 Å². The number of nitrogens with one attached hydrogen (secondary N) is 1. The van der Waals surface area contributed by atoms with E-state index in [-0.39, 0.29) is 5.91 Å². The van der Waals surface area contributed by atoms with Gasteiger partial charge in [-0.05, 0) is 49.4 Å². The maximum atomic E-state index is 12.7. The lowest BCUT2D eigenvalue weighted by atomic mass is 10.1. The van der Waals surface area contributed by atoms with Crippen LogP contribution < -0.4 is 10.1 Å². The highest BCUT2D eigenvalue weighted by atomic mass is 16.5. The molecular weight excluding hydrogens is 340 g/mol. The van der Waals surface area contributed by atoms with E-state index >= 15 is 0 Å². The molecule has 0 spiro atoms. The normalized spacial score (nSPS) is 10.7. The summed E-state index contributed by atoms with van der Waals surface area (Å²) in [5.74, 6) is 1.05. The molecule has 0 fully saturated rings. The molecule has 0 aliphatic heterocycles. The summed E-state index contributed by atoms with van der Waals surface area (Å²) in [6.45, 7) is 2.73. The topological polar surface area (TPSA) is 69.0 Å². The Balaban J connectivity index is 1.58. The minimum absolute atomic E-state index is 0.230. The quantitative estimate of drug-likeness (QED) is 0.570. The van der Waals surface area contributed by atoms with Crippen LogP contribution in [0, 0.1) is 0 Å². The second-order valence-electron chi connectivity index (χ2n) is 5.97. The molecule has 27 heavy (non-hydrogen) atoms. The lowest BCUT2D eigenvalue weighted by Crippen LogP contribution is -2.12. The molecule has 4 aromatic rings. The van der Waals surface area contributed by atoms with Gasteiger partial charge in [-0.2, -0.15) is 0 Å². The summed E-state index contributed by atoms with van der Waals surface area (Å²) in [5.41, 5.74) is 2.71. The maximum Gasteiger partial charge on any atom is 0.255 e. The second-order valence-corrected chi connectivity index (χ2v) is 5.97. The minimum Gasteiger partial charge on any atom is -0.455 e. The SMILES string of the molecule is CCn1nnc2cc(C(=O)Nc3ccccc3Oc3ccccc3)ccc21. The highest BCUT2D eigenvalue weighted by molar-refractivity contribution is 6.06. The fourth-order valence-corrected chi connectivity index (χ4v) is 2.82. The molecule has 0 aliphatic rings. The maximum absolute atomic E-state index is 12.7. The molecule has 0 saturated heterocycles. The Labute approximate surface area is 156 Å². The van der Waals surface area contributed by atoms with Crippen LogP contribution in [0.5, 0.6) is 11.5 Å². The van der Waals surface area contributed by atoms with Gasteiger partial charge in [0.1, 0.15) is 11.3 Å². The number of hydrogen-bond acceptors (Lipinski definition) is 4. The fraction of sp³-hybridized carbons (Fsp3) is 0.0952. The van der Waals surface area contributed by atoms with Gasteiger partial charge in [0.25, 0.3) is 5.91 Å². The molecule has 0 aliphatic carbocycles. The third kappa shape index (κ3) is 3.50. The molecule has 1 amide bonds. The third-order valence-electron chi connectivity index (χ3n) is 4.18. The number of carbonyl (C=O) groups is 1. The molecule has 1 aromatic heterocycles. The van der Waals surface area contributed by atoms with Gasteiger partial charge in [-0.15, -0.1) is 5.10 Å². The molecule has 1 N–H and O–H groups in total. The molecule has 6 nitrogen and oxygen atoms in total. The Morgan fingerprint density at radius 3 is 2.63 bits per heavy atom. The lowest BCUT2D eigenvalue weighted by molar-refractivity contribution is 0.102. The number of ether oxygens (including phenoxy) is 1. The van der Waals surface area contributed by atoms with Gasteiger partial charge in [0.15, 0.2) is 5.75 Å². The summed E-state index contributed by atoms with van der Waals surface area (Å²) >= 11 is 0. The molecule has 3 aromatic carbocycles. The molecule has 0 bridgehead atoms. The van der Waals surface area contributed by atoms with E-state index in [1.165, 1.54) is 0 Å². The van der Waals surface area contributed by atoms with E-state index in [4.69, 9.17) is 4.74 Å². The number of rotatable bonds is 5. The predicted octanol–water partition coefficient (Wildman–Crippen LogP) is 4.50. The number of aryl methyl sites for hydroxylation is 1. The first-order chi connectivity index (χ1) is 13.2. The lowest BCUT2D eigenvalue weighted by Gasteiger charge is -2.12. The molecule has 0 atom stereocenters. The largest absolute Gasteiger partial charge is 0.455 e. The standard InChI is InChI=1S/C21H18N4O2/c1-2-25-19-13-12-15(14-18(19)23-24-25)21(26)22-17-10-6-7-11-20(17)27-16-8-4-3-5-9-16/h3-14H,2H2,1H3,(H,22,26). The van der Waals surface area contributed by atoms with Crippen molar-refractivity contribution in [1.29, 1.82) is 0 Å². The average Bonchev–Trinajstić information content (AvgIpc) is 3.12. The van der Waals surface area contributed by atoms with Crippen molar-refractivity contribution in [3.63, 3.8) is 0 Å². The summed E-state index contributed by atoms with van der Waals surface area (Å²) in [5, 5.41) is 11.1. The van der Waals surface area contributed by atoms with Crippen molar-refractivity contribution in [1.82, 2.24) is 15.0 Å². The van der Waals surface area contributed by atoms with Crippen molar-refractivity contribution in [2.45, 2.75) is 13.5 Å². The Morgan fingerprint density at radius 2 is 1.81 bits per heavy atom. The van der Waals surface area contributed by atoms with E-state index in [0.29, 0.717) is 28.3 Å². The molecule has 1 heterocycles. The molecule has 0 unspecified atom stereocenters. The summed E-state index contributed by atoms with van der Waals surface area (Å²) in [7, 11) is 0. The van der Waals surface area contributed by atoms with Crippen LogP contribution in [0.15, 0.2) is 72.8 Å². The van der Waals surface area contributed by atoms with Gasteiger partial charge in [-0.25, -0.2) is 4.68 Å². The number of nitrogens with zero attached hydrogens (tertiary/aromatic N) is 3. The van der Waals surface area contributed by atoms with Gasteiger partial charge >= 0.3 is 0 Å². The number of fused-ring (bicyclic) bond motifs is 1. The monoisotopic (exact) mass is 358 g/mol. The Kier molecular flexibility index (Phi) is 4.53. The van der Waals surface area contributed by atoms with Crippen molar-refractivity contribution in [3.8, 4) is 11.5 Å². The minimum atomic E-state index is -0.230. The number of anilines is 1. The second kappa shape index (κ2) is 7.29. The van der Waals surface area contributed by atoms with Gasteiger partial charge in [-0.3, -0.25) is 4.79 Å². The molecule has 0 saturated carbocycles.